The Morgan fingerprint density at radius 2 is 1.76 bits per heavy atom. The highest BCUT2D eigenvalue weighted by molar-refractivity contribution is 6.02. The lowest BCUT2D eigenvalue weighted by molar-refractivity contribution is -0.137. The van der Waals surface area contributed by atoms with Crippen molar-refractivity contribution in [2.24, 2.45) is 0 Å². The van der Waals surface area contributed by atoms with Crippen LogP contribution in [0, 0.1) is 0 Å². The average molecular weight is 521 g/mol. The van der Waals surface area contributed by atoms with E-state index in [1.165, 1.54) is 30.9 Å². The van der Waals surface area contributed by atoms with E-state index < -0.39 is 11.7 Å². The van der Waals surface area contributed by atoms with Gasteiger partial charge in [0.25, 0.3) is 11.8 Å². The van der Waals surface area contributed by atoms with E-state index in [0.29, 0.717) is 18.8 Å². The van der Waals surface area contributed by atoms with E-state index in [9.17, 15) is 22.8 Å². The number of piperidine rings is 1. The zero-order valence-corrected chi connectivity index (χ0v) is 20.1. The van der Waals surface area contributed by atoms with Crippen LogP contribution in [0.4, 0.5) is 18.9 Å². The van der Waals surface area contributed by atoms with E-state index in [1.54, 1.807) is 17.0 Å². The van der Waals surface area contributed by atoms with Gasteiger partial charge in [-0.2, -0.15) is 13.2 Å². The molecule has 0 spiro atoms. The van der Waals surface area contributed by atoms with Crippen molar-refractivity contribution >= 4 is 17.5 Å². The molecular formula is C28H23F3N4O3. The van der Waals surface area contributed by atoms with Gasteiger partial charge in [-0.05, 0) is 60.7 Å². The number of oxazole rings is 1. The van der Waals surface area contributed by atoms with E-state index >= 15 is 0 Å². The van der Waals surface area contributed by atoms with Crippen molar-refractivity contribution in [2.75, 3.05) is 18.4 Å². The van der Waals surface area contributed by atoms with Crippen molar-refractivity contribution in [1.29, 1.82) is 0 Å². The fourth-order valence-electron chi connectivity index (χ4n) is 4.60. The van der Waals surface area contributed by atoms with E-state index in [4.69, 9.17) is 4.42 Å². The first-order valence-electron chi connectivity index (χ1n) is 12.0. The van der Waals surface area contributed by atoms with Crippen molar-refractivity contribution in [1.82, 2.24) is 14.9 Å². The number of nitrogens with one attached hydrogen (secondary N) is 1. The molecule has 7 nitrogen and oxygen atoms in total. The number of pyridine rings is 1. The second-order valence-electron chi connectivity index (χ2n) is 8.99. The van der Waals surface area contributed by atoms with Crippen LogP contribution in [0.25, 0.3) is 11.3 Å². The summed E-state index contributed by atoms with van der Waals surface area (Å²) in [4.78, 5) is 35.2. The average Bonchev–Trinajstić information content (AvgIpc) is 3.48. The molecule has 2 aromatic carbocycles. The van der Waals surface area contributed by atoms with Crippen molar-refractivity contribution in [3.63, 3.8) is 0 Å². The van der Waals surface area contributed by atoms with Crippen LogP contribution in [0.1, 0.15) is 50.8 Å². The maximum Gasteiger partial charge on any atom is 0.416 e. The summed E-state index contributed by atoms with van der Waals surface area (Å²) in [6.07, 6.45) is 0.972. The number of aromatic nitrogens is 2. The zero-order chi connectivity index (χ0) is 26.7. The zero-order valence-electron chi connectivity index (χ0n) is 20.1. The van der Waals surface area contributed by atoms with E-state index in [0.717, 1.165) is 30.5 Å². The van der Waals surface area contributed by atoms with Gasteiger partial charge in [0.1, 0.15) is 0 Å². The van der Waals surface area contributed by atoms with Gasteiger partial charge < -0.3 is 14.6 Å². The number of hydrogen-bond acceptors (Lipinski definition) is 5. The molecule has 1 saturated heterocycles. The Labute approximate surface area is 216 Å². The minimum absolute atomic E-state index is 0.121. The fourth-order valence-corrected chi connectivity index (χ4v) is 4.60. The van der Waals surface area contributed by atoms with Gasteiger partial charge >= 0.3 is 6.18 Å². The van der Waals surface area contributed by atoms with Gasteiger partial charge in [0, 0.05) is 30.5 Å². The van der Waals surface area contributed by atoms with Crippen LogP contribution in [-0.4, -0.2) is 39.8 Å². The standard InChI is InChI=1S/C28H23F3N4O3/c29-28(30,31)21-4-1-3-20(15-21)25-23(5-2-12-33-25)27(37)35-13-10-19(11-14-35)18-6-8-22(9-7-18)34-26(36)24-16-32-17-38-24/h1-9,12,15-17,19H,10-11,13-14H2,(H,34,36). The Kier molecular flexibility index (Phi) is 6.95. The topological polar surface area (TPSA) is 88.3 Å². The van der Waals surface area contributed by atoms with Crippen LogP contribution in [0.5, 0.6) is 0 Å². The van der Waals surface area contributed by atoms with Crippen LogP contribution >= 0.6 is 0 Å². The summed E-state index contributed by atoms with van der Waals surface area (Å²) in [5.74, 6) is -0.290. The molecule has 0 bridgehead atoms. The van der Waals surface area contributed by atoms with Crippen molar-refractivity contribution in [2.45, 2.75) is 24.9 Å². The molecule has 0 aliphatic carbocycles. The lowest BCUT2D eigenvalue weighted by Crippen LogP contribution is -2.38. The number of amides is 2. The molecule has 0 atom stereocenters. The van der Waals surface area contributed by atoms with Gasteiger partial charge in [-0.1, -0.05) is 24.3 Å². The van der Waals surface area contributed by atoms with Gasteiger partial charge in [-0.25, -0.2) is 4.98 Å². The van der Waals surface area contributed by atoms with Gasteiger partial charge in [0.15, 0.2) is 6.39 Å². The third-order valence-corrected chi connectivity index (χ3v) is 6.58. The van der Waals surface area contributed by atoms with Crippen LogP contribution in [0.2, 0.25) is 0 Å². The summed E-state index contributed by atoms with van der Waals surface area (Å²) in [6.45, 7) is 1.01. The number of anilines is 1. The number of rotatable bonds is 5. The van der Waals surface area contributed by atoms with Crippen LogP contribution in [0.3, 0.4) is 0 Å². The van der Waals surface area contributed by atoms with Crippen LogP contribution < -0.4 is 5.32 Å². The van der Waals surface area contributed by atoms with Crippen molar-refractivity contribution in [3.05, 3.63) is 102 Å². The molecule has 1 fully saturated rings. The minimum Gasteiger partial charge on any atom is -0.438 e. The molecule has 0 saturated carbocycles. The first-order chi connectivity index (χ1) is 18.3. The number of alkyl halides is 3. The summed E-state index contributed by atoms with van der Waals surface area (Å²) >= 11 is 0. The largest absolute Gasteiger partial charge is 0.438 e. The van der Waals surface area contributed by atoms with Gasteiger partial charge in [0.2, 0.25) is 5.76 Å². The quantitative estimate of drug-likeness (QED) is 0.347. The molecule has 5 rings (SSSR count). The maximum absolute atomic E-state index is 13.4. The molecular weight excluding hydrogens is 497 g/mol. The Morgan fingerprint density at radius 1 is 1.00 bits per heavy atom. The SMILES string of the molecule is O=C(Nc1ccc(C2CCN(C(=O)c3cccnc3-c3cccc(C(F)(F)F)c3)CC2)cc1)c1cnco1. The summed E-state index contributed by atoms with van der Waals surface area (Å²) in [5, 5.41) is 2.75. The third-order valence-electron chi connectivity index (χ3n) is 6.58. The molecule has 0 unspecified atom stereocenters. The van der Waals surface area contributed by atoms with E-state index in [2.05, 4.69) is 15.3 Å². The highest BCUT2D eigenvalue weighted by Crippen LogP contribution is 2.34. The Balaban J connectivity index is 1.24. The Hall–Kier alpha value is -4.47. The number of nitrogens with zero attached hydrogens (tertiary/aromatic N) is 3. The first-order valence-corrected chi connectivity index (χ1v) is 12.0. The molecule has 194 valence electrons. The molecule has 1 aliphatic heterocycles. The normalized spacial score (nSPS) is 14.3. The molecule has 4 aromatic rings. The second-order valence-corrected chi connectivity index (χ2v) is 8.99. The molecule has 2 amide bonds. The number of carbonyl (C=O) groups is 2. The molecule has 1 N–H and O–H groups in total. The number of benzene rings is 2. The monoisotopic (exact) mass is 520 g/mol. The molecule has 38 heavy (non-hydrogen) atoms. The summed E-state index contributed by atoms with van der Waals surface area (Å²) in [6, 6.07) is 15.6. The summed E-state index contributed by atoms with van der Waals surface area (Å²) < 4.78 is 44.7. The van der Waals surface area contributed by atoms with Crippen molar-refractivity contribution in [3.8, 4) is 11.3 Å². The minimum atomic E-state index is -4.49. The number of halogens is 3. The lowest BCUT2D eigenvalue weighted by atomic mass is 9.89. The van der Waals surface area contributed by atoms with Gasteiger partial charge in [-0.3, -0.25) is 14.6 Å². The molecule has 1 aliphatic rings. The third kappa shape index (κ3) is 5.44. The fraction of sp³-hybridized carbons (Fsp3) is 0.214. The number of hydrogen-bond donors (Lipinski definition) is 1. The molecule has 3 heterocycles. The second kappa shape index (κ2) is 10.5. The summed E-state index contributed by atoms with van der Waals surface area (Å²) in [5.41, 5.74) is 1.69. The van der Waals surface area contributed by atoms with Crippen molar-refractivity contribution < 1.29 is 27.2 Å². The molecule has 10 heteroatoms. The van der Waals surface area contributed by atoms with Crippen LogP contribution in [-0.2, 0) is 6.18 Å². The van der Waals surface area contributed by atoms with Gasteiger partial charge in [0.05, 0.1) is 23.0 Å². The molecule has 0 radical (unpaired) electrons. The smallest absolute Gasteiger partial charge is 0.416 e. The maximum atomic E-state index is 13.4. The van der Waals surface area contributed by atoms with E-state index in [1.807, 2.05) is 24.3 Å². The molecule has 2 aromatic heterocycles. The predicted molar refractivity (Wildman–Crippen MR) is 133 cm³/mol. The first kappa shape index (κ1) is 25.2. The van der Waals surface area contributed by atoms with Gasteiger partial charge in [-0.15, -0.1) is 0 Å². The number of carbonyl (C=O) groups excluding carboxylic acids is 2. The van der Waals surface area contributed by atoms with Crippen LogP contribution in [0.15, 0.2) is 83.9 Å². The predicted octanol–water partition coefficient (Wildman–Crippen LogP) is 6.03. The lowest BCUT2D eigenvalue weighted by Gasteiger charge is -2.32. The summed E-state index contributed by atoms with van der Waals surface area (Å²) in [7, 11) is 0. The Morgan fingerprint density at radius 3 is 2.45 bits per heavy atom. The van der Waals surface area contributed by atoms with E-state index in [-0.39, 0.29) is 40.3 Å². The highest BCUT2D eigenvalue weighted by Gasteiger charge is 2.31. The highest BCUT2D eigenvalue weighted by atomic mass is 19.4. The Bertz CT molecular complexity index is 1430. The number of likely N-dealkylation sites (tertiary alicyclic amines) is 1.